The highest BCUT2D eigenvalue weighted by Gasteiger charge is 1.94. The fraction of sp³-hybridized carbons (Fsp3) is 0.400. The van der Waals surface area contributed by atoms with E-state index in [9.17, 15) is 0 Å². The van der Waals surface area contributed by atoms with E-state index in [-0.39, 0.29) is 0 Å². The third-order valence-corrected chi connectivity index (χ3v) is 2.00. The lowest BCUT2D eigenvalue weighted by atomic mass is 10.8. The maximum Gasteiger partial charge on any atom is 0.184 e. The number of thiazole rings is 1. The van der Waals surface area contributed by atoms with Crippen molar-refractivity contribution in [3.63, 3.8) is 0 Å². The molecule has 0 amide bonds. The molecule has 0 bridgehead atoms. The zero-order valence-electron chi connectivity index (χ0n) is 5.43. The lowest BCUT2D eigenvalue weighted by Gasteiger charge is -1.88. The predicted octanol–water partition coefficient (Wildman–Crippen LogP) is 1.23. The Morgan fingerprint density at radius 3 is 2.56 bits per heavy atom. The lowest BCUT2D eigenvalue weighted by molar-refractivity contribution is 1.36. The van der Waals surface area contributed by atoms with Gasteiger partial charge in [0.1, 0.15) is 5.00 Å². The smallest absolute Gasteiger partial charge is 0.184 e. The van der Waals surface area contributed by atoms with E-state index in [0.717, 1.165) is 10.1 Å². The molecule has 0 atom stereocenters. The van der Waals surface area contributed by atoms with Crippen LogP contribution in [0.25, 0.3) is 0 Å². The molecule has 0 fully saturated rings. The van der Waals surface area contributed by atoms with Crippen molar-refractivity contribution in [2.45, 2.75) is 0 Å². The summed E-state index contributed by atoms with van der Waals surface area (Å²) < 4.78 is 0. The predicted molar refractivity (Wildman–Crippen MR) is 41.2 cm³/mol. The van der Waals surface area contributed by atoms with Gasteiger partial charge in [-0.25, -0.2) is 4.98 Å². The molecule has 9 heavy (non-hydrogen) atoms. The van der Waals surface area contributed by atoms with Crippen LogP contribution in [0.15, 0.2) is 6.20 Å². The topological polar surface area (TPSA) is 37.0 Å². The largest absolute Gasteiger partial charge is 0.379 e. The number of hydrogen-bond donors (Lipinski definition) is 2. The van der Waals surface area contributed by atoms with E-state index in [1.807, 2.05) is 14.1 Å². The molecule has 1 aromatic heterocycles. The van der Waals surface area contributed by atoms with E-state index in [2.05, 4.69) is 15.6 Å². The van der Waals surface area contributed by atoms with Crippen LogP contribution in [0.4, 0.5) is 10.1 Å². The Kier molecular flexibility index (Phi) is 1.89. The third kappa shape index (κ3) is 1.32. The molecule has 0 aliphatic carbocycles. The summed E-state index contributed by atoms with van der Waals surface area (Å²) in [7, 11) is 3.74. The molecule has 1 aromatic rings. The Morgan fingerprint density at radius 2 is 2.22 bits per heavy atom. The number of nitrogens with zero attached hydrogens (tertiary/aromatic N) is 1. The first kappa shape index (κ1) is 6.35. The van der Waals surface area contributed by atoms with Crippen molar-refractivity contribution in [3.8, 4) is 0 Å². The lowest BCUT2D eigenvalue weighted by Crippen LogP contribution is -1.83. The number of rotatable bonds is 2. The molecule has 4 heteroatoms. The van der Waals surface area contributed by atoms with Gasteiger partial charge < -0.3 is 10.6 Å². The molecule has 50 valence electrons. The van der Waals surface area contributed by atoms with Crippen molar-refractivity contribution in [1.29, 1.82) is 0 Å². The summed E-state index contributed by atoms with van der Waals surface area (Å²) in [5.74, 6) is 0. The van der Waals surface area contributed by atoms with Gasteiger partial charge in [0, 0.05) is 14.1 Å². The van der Waals surface area contributed by atoms with Crippen LogP contribution >= 0.6 is 11.3 Å². The van der Waals surface area contributed by atoms with Crippen LogP contribution in [0.2, 0.25) is 0 Å². The van der Waals surface area contributed by atoms with Gasteiger partial charge in [0.05, 0.1) is 6.20 Å². The second kappa shape index (κ2) is 2.68. The van der Waals surface area contributed by atoms with Crippen molar-refractivity contribution in [2.24, 2.45) is 0 Å². The number of hydrogen-bond acceptors (Lipinski definition) is 4. The summed E-state index contributed by atoms with van der Waals surface area (Å²) in [5.41, 5.74) is 0. The van der Waals surface area contributed by atoms with Crippen LogP contribution in [0.1, 0.15) is 0 Å². The fourth-order valence-electron chi connectivity index (χ4n) is 0.505. The first-order valence-corrected chi connectivity index (χ1v) is 3.50. The van der Waals surface area contributed by atoms with Crippen LogP contribution in [0, 0.1) is 0 Å². The fourth-order valence-corrected chi connectivity index (χ4v) is 1.13. The van der Waals surface area contributed by atoms with Crippen molar-refractivity contribution < 1.29 is 0 Å². The highest BCUT2D eigenvalue weighted by Crippen LogP contribution is 2.21. The van der Waals surface area contributed by atoms with Crippen molar-refractivity contribution in [3.05, 3.63) is 6.20 Å². The van der Waals surface area contributed by atoms with Crippen LogP contribution in [0.5, 0.6) is 0 Å². The summed E-state index contributed by atoms with van der Waals surface area (Å²) in [4.78, 5) is 4.05. The Bertz CT molecular complexity index is 166. The molecule has 0 spiro atoms. The molecule has 0 unspecified atom stereocenters. The van der Waals surface area contributed by atoms with Gasteiger partial charge >= 0.3 is 0 Å². The summed E-state index contributed by atoms with van der Waals surface area (Å²) in [5, 5.41) is 7.97. The molecule has 0 aromatic carbocycles. The van der Waals surface area contributed by atoms with Gasteiger partial charge in [0.2, 0.25) is 0 Å². The Labute approximate surface area is 58.1 Å². The van der Waals surface area contributed by atoms with Crippen molar-refractivity contribution >= 4 is 21.5 Å². The maximum absolute atomic E-state index is 4.05. The molecule has 0 radical (unpaired) electrons. The van der Waals surface area contributed by atoms with Gasteiger partial charge in [0.15, 0.2) is 5.13 Å². The third-order valence-electron chi connectivity index (χ3n) is 0.966. The van der Waals surface area contributed by atoms with E-state index >= 15 is 0 Å². The zero-order chi connectivity index (χ0) is 6.69. The van der Waals surface area contributed by atoms with Gasteiger partial charge in [-0.1, -0.05) is 11.3 Å². The Morgan fingerprint density at radius 1 is 1.44 bits per heavy atom. The van der Waals surface area contributed by atoms with E-state index in [1.54, 1.807) is 17.5 Å². The van der Waals surface area contributed by atoms with Crippen LogP contribution in [-0.4, -0.2) is 19.1 Å². The summed E-state index contributed by atoms with van der Waals surface area (Å²) in [6.07, 6.45) is 1.80. The summed E-state index contributed by atoms with van der Waals surface area (Å²) >= 11 is 1.60. The second-order valence-corrected chi connectivity index (χ2v) is 2.56. The molecular formula is C5H9N3S. The SMILES string of the molecule is CNc1cnc(NC)s1. The standard InChI is InChI=1S/C5H9N3S/c1-6-4-3-8-5(7-2)9-4/h3,6H,1-2H3,(H,7,8). The van der Waals surface area contributed by atoms with Gasteiger partial charge in [-0.15, -0.1) is 0 Å². The molecular weight excluding hydrogens is 134 g/mol. The highest BCUT2D eigenvalue weighted by molar-refractivity contribution is 7.19. The number of aromatic nitrogens is 1. The van der Waals surface area contributed by atoms with Crippen molar-refractivity contribution in [2.75, 3.05) is 24.7 Å². The zero-order valence-corrected chi connectivity index (χ0v) is 6.25. The van der Waals surface area contributed by atoms with Crippen molar-refractivity contribution in [1.82, 2.24) is 4.98 Å². The summed E-state index contributed by atoms with van der Waals surface area (Å²) in [6.45, 7) is 0. The first-order valence-electron chi connectivity index (χ1n) is 2.68. The van der Waals surface area contributed by atoms with Crippen LogP contribution in [0.3, 0.4) is 0 Å². The van der Waals surface area contributed by atoms with E-state index < -0.39 is 0 Å². The second-order valence-electron chi connectivity index (χ2n) is 1.53. The van der Waals surface area contributed by atoms with Crippen LogP contribution < -0.4 is 10.6 Å². The minimum Gasteiger partial charge on any atom is -0.379 e. The molecule has 0 saturated carbocycles. The average molecular weight is 143 g/mol. The molecule has 3 nitrogen and oxygen atoms in total. The minimum atomic E-state index is 0.944. The number of anilines is 2. The molecule has 0 aliphatic rings. The molecule has 1 heterocycles. The maximum atomic E-state index is 4.05. The van der Waals surface area contributed by atoms with Crippen LogP contribution in [-0.2, 0) is 0 Å². The Hall–Kier alpha value is -0.770. The van der Waals surface area contributed by atoms with Gasteiger partial charge in [0.25, 0.3) is 0 Å². The summed E-state index contributed by atoms with van der Waals surface area (Å²) in [6, 6.07) is 0. The molecule has 0 saturated heterocycles. The molecule has 1 rings (SSSR count). The quantitative estimate of drug-likeness (QED) is 0.653. The highest BCUT2D eigenvalue weighted by atomic mass is 32.1. The van der Waals surface area contributed by atoms with E-state index in [0.29, 0.717) is 0 Å². The first-order chi connectivity index (χ1) is 4.36. The van der Waals surface area contributed by atoms with Gasteiger partial charge in [-0.3, -0.25) is 0 Å². The molecule has 0 aliphatic heterocycles. The number of nitrogens with one attached hydrogen (secondary N) is 2. The average Bonchev–Trinajstić information content (AvgIpc) is 2.34. The molecule has 2 N–H and O–H groups in total. The van der Waals surface area contributed by atoms with E-state index in [4.69, 9.17) is 0 Å². The van der Waals surface area contributed by atoms with Gasteiger partial charge in [-0.05, 0) is 0 Å². The Balaban J connectivity index is 2.74. The minimum absolute atomic E-state index is 0.944. The monoisotopic (exact) mass is 143 g/mol. The van der Waals surface area contributed by atoms with Gasteiger partial charge in [-0.2, -0.15) is 0 Å². The normalized spacial score (nSPS) is 9.11. The van der Waals surface area contributed by atoms with E-state index in [1.165, 1.54) is 0 Å².